The van der Waals surface area contributed by atoms with Crippen molar-refractivity contribution in [1.29, 1.82) is 0 Å². The lowest BCUT2D eigenvalue weighted by Gasteiger charge is -2.39. The highest BCUT2D eigenvalue weighted by Crippen LogP contribution is 2.37. The maximum Gasteiger partial charge on any atom is 0.407 e. The third-order valence-electron chi connectivity index (χ3n) is 7.74. The second kappa shape index (κ2) is 15.1. The summed E-state index contributed by atoms with van der Waals surface area (Å²) in [5.74, 6) is 0.484. The molecule has 0 atom stereocenters. The summed E-state index contributed by atoms with van der Waals surface area (Å²) in [6.45, 7) is 20.1. The van der Waals surface area contributed by atoms with Crippen LogP contribution in [0.3, 0.4) is 0 Å². The van der Waals surface area contributed by atoms with E-state index in [0.717, 1.165) is 6.42 Å². The number of ether oxygens (including phenoxy) is 2. The molecule has 0 aromatic rings. The predicted molar refractivity (Wildman–Crippen MR) is 138 cm³/mol. The molecule has 35 heavy (non-hydrogen) atoms. The van der Waals surface area contributed by atoms with Gasteiger partial charge in [-0.3, -0.25) is 9.59 Å². The molecular weight excluding hydrogens is 448 g/mol. The van der Waals surface area contributed by atoms with Gasteiger partial charge >= 0.3 is 12.2 Å². The van der Waals surface area contributed by atoms with E-state index in [2.05, 4.69) is 10.6 Å². The predicted octanol–water partition coefficient (Wildman–Crippen LogP) is 5.38. The Morgan fingerprint density at radius 1 is 0.571 bits per heavy atom. The van der Waals surface area contributed by atoms with Gasteiger partial charge in [0.15, 0.2) is 0 Å². The average Bonchev–Trinajstić information content (AvgIpc) is 2.72. The molecule has 0 unspecified atom stereocenters. The molecular formula is C27H50N2O6. The zero-order chi connectivity index (χ0) is 27.4. The molecule has 0 fully saturated rings. The van der Waals surface area contributed by atoms with Crippen LogP contribution in [-0.4, -0.2) is 50.1 Å². The highest BCUT2D eigenvalue weighted by atomic mass is 16.6. The van der Waals surface area contributed by atoms with Crippen LogP contribution in [0.2, 0.25) is 0 Å². The highest BCUT2D eigenvalue weighted by molar-refractivity contribution is 5.84. The van der Waals surface area contributed by atoms with Crippen LogP contribution in [0, 0.1) is 34.5 Å². The first-order chi connectivity index (χ1) is 16.2. The average molecular weight is 499 g/mol. The lowest BCUT2D eigenvalue weighted by Crippen LogP contribution is -2.49. The molecule has 0 saturated heterocycles. The number of alkyl carbamates (subject to hydrolysis) is 2. The van der Waals surface area contributed by atoms with E-state index in [4.69, 9.17) is 9.47 Å². The zero-order valence-corrected chi connectivity index (χ0v) is 23.7. The van der Waals surface area contributed by atoms with Crippen LogP contribution in [0.25, 0.3) is 0 Å². The quantitative estimate of drug-likeness (QED) is 0.276. The number of unbranched alkanes of at least 4 members (excludes halogenated alkanes) is 2. The minimum Gasteiger partial charge on any atom is -0.450 e. The van der Waals surface area contributed by atoms with Gasteiger partial charge in [0.05, 0.1) is 24.0 Å². The second-order valence-corrected chi connectivity index (χ2v) is 10.9. The summed E-state index contributed by atoms with van der Waals surface area (Å²) in [5, 5.41) is 5.50. The molecule has 0 bridgehead atoms. The number of Topliss-reactive ketones (excluding diaryl/α,β-unsaturated/α-hetero) is 2. The van der Waals surface area contributed by atoms with Crippen LogP contribution in [0.5, 0.6) is 0 Å². The van der Waals surface area contributed by atoms with Crippen LogP contribution >= 0.6 is 0 Å². The van der Waals surface area contributed by atoms with E-state index in [-0.39, 0.29) is 61.5 Å². The summed E-state index contributed by atoms with van der Waals surface area (Å²) in [7, 11) is 0. The van der Waals surface area contributed by atoms with Crippen LogP contribution in [0.1, 0.15) is 88.5 Å². The number of hydrogen-bond donors (Lipinski definition) is 2. The number of hydrogen-bond acceptors (Lipinski definition) is 6. The molecule has 0 aliphatic heterocycles. The molecule has 2 N–H and O–H groups in total. The molecule has 0 spiro atoms. The SMILES string of the molecule is CC(=O)C(CNC(=O)OCCCCCOC(=O)NCC(C(C)=O)(C(C)C)C(C)C)(C(C)C)C(C)C. The van der Waals surface area contributed by atoms with E-state index in [1.54, 1.807) is 13.8 Å². The number of nitrogens with one attached hydrogen (secondary N) is 2. The number of carbonyl (C=O) groups excluding carboxylic acids is 4. The van der Waals surface area contributed by atoms with Crippen molar-refractivity contribution < 1.29 is 28.7 Å². The van der Waals surface area contributed by atoms with E-state index in [1.807, 2.05) is 55.4 Å². The van der Waals surface area contributed by atoms with Gasteiger partial charge in [0.25, 0.3) is 0 Å². The Morgan fingerprint density at radius 2 is 0.857 bits per heavy atom. The second-order valence-electron chi connectivity index (χ2n) is 10.9. The van der Waals surface area contributed by atoms with Gasteiger partial charge in [0.1, 0.15) is 11.6 Å². The third-order valence-corrected chi connectivity index (χ3v) is 7.74. The first-order valence-corrected chi connectivity index (χ1v) is 13.0. The fourth-order valence-corrected chi connectivity index (χ4v) is 5.27. The van der Waals surface area contributed by atoms with Crippen LogP contribution < -0.4 is 10.6 Å². The smallest absolute Gasteiger partial charge is 0.407 e. The topological polar surface area (TPSA) is 111 Å². The van der Waals surface area contributed by atoms with Gasteiger partial charge < -0.3 is 20.1 Å². The van der Waals surface area contributed by atoms with Gasteiger partial charge in [0.2, 0.25) is 0 Å². The Bertz CT molecular complexity index is 626. The minimum atomic E-state index is -0.620. The molecule has 0 rings (SSSR count). The monoisotopic (exact) mass is 498 g/mol. The fraction of sp³-hybridized carbons (Fsp3) is 0.852. The Kier molecular flexibility index (Phi) is 14.2. The summed E-state index contributed by atoms with van der Waals surface area (Å²) < 4.78 is 10.5. The van der Waals surface area contributed by atoms with Crippen molar-refractivity contribution in [3.8, 4) is 0 Å². The first kappa shape index (κ1) is 32.9. The molecule has 0 aromatic heterocycles. The number of amides is 2. The van der Waals surface area contributed by atoms with Crippen LogP contribution in [0.15, 0.2) is 0 Å². The van der Waals surface area contributed by atoms with E-state index in [1.165, 1.54) is 0 Å². The van der Waals surface area contributed by atoms with Gasteiger partial charge in [-0.05, 0) is 56.8 Å². The summed E-state index contributed by atoms with van der Waals surface area (Å²) in [5.41, 5.74) is -1.24. The van der Waals surface area contributed by atoms with Crippen molar-refractivity contribution >= 4 is 23.8 Å². The maximum atomic E-state index is 12.3. The molecule has 0 aliphatic carbocycles. The molecule has 8 nitrogen and oxygen atoms in total. The normalized spacial score (nSPS) is 12.3. The van der Waals surface area contributed by atoms with E-state index >= 15 is 0 Å². The molecule has 0 aliphatic rings. The van der Waals surface area contributed by atoms with Crippen molar-refractivity contribution in [2.24, 2.45) is 34.5 Å². The number of ketones is 2. The van der Waals surface area contributed by atoms with Crippen LogP contribution in [-0.2, 0) is 19.1 Å². The van der Waals surface area contributed by atoms with E-state index in [9.17, 15) is 19.2 Å². The van der Waals surface area contributed by atoms with Gasteiger partial charge in [-0.25, -0.2) is 9.59 Å². The molecule has 0 aromatic carbocycles. The first-order valence-electron chi connectivity index (χ1n) is 13.0. The van der Waals surface area contributed by atoms with E-state index in [0.29, 0.717) is 12.8 Å². The maximum absolute atomic E-state index is 12.3. The Labute approximate surface area is 212 Å². The molecule has 0 heterocycles. The summed E-state index contributed by atoms with van der Waals surface area (Å²) in [4.78, 5) is 48.8. The van der Waals surface area contributed by atoms with Gasteiger partial charge in [-0.2, -0.15) is 0 Å². The van der Waals surface area contributed by atoms with Crippen molar-refractivity contribution in [3.05, 3.63) is 0 Å². The van der Waals surface area contributed by atoms with E-state index < -0.39 is 23.0 Å². The summed E-state index contributed by atoms with van der Waals surface area (Å²) in [6, 6.07) is 0. The largest absolute Gasteiger partial charge is 0.450 e. The third kappa shape index (κ3) is 9.12. The number of carbonyl (C=O) groups is 4. The minimum absolute atomic E-state index is 0.0623. The Balaban J connectivity index is 4.28. The Hall–Kier alpha value is -2.12. The van der Waals surface area contributed by atoms with Crippen molar-refractivity contribution in [2.45, 2.75) is 88.5 Å². The van der Waals surface area contributed by atoms with Crippen LogP contribution in [0.4, 0.5) is 9.59 Å². The zero-order valence-electron chi connectivity index (χ0n) is 23.7. The Morgan fingerprint density at radius 3 is 1.09 bits per heavy atom. The molecule has 0 radical (unpaired) electrons. The van der Waals surface area contributed by atoms with Crippen molar-refractivity contribution in [3.63, 3.8) is 0 Å². The highest BCUT2D eigenvalue weighted by Gasteiger charge is 2.43. The summed E-state index contributed by atoms with van der Waals surface area (Å²) >= 11 is 0. The molecule has 8 heteroatoms. The molecule has 2 amide bonds. The standard InChI is InChI=1S/C27H50N2O6/c1-18(2)26(19(3)4,22(9)30)16-28-24(32)34-14-12-11-13-15-35-25(33)29-17-27(20(5)6,21(7)8)23(10)31/h18-21H,11-17H2,1-10H3,(H,28,32)(H,29,33). The van der Waals surface area contributed by atoms with Gasteiger partial charge in [-0.15, -0.1) is 0 Å². The molecule has 0 saturated carbocycles. The van der Waals surface area contributed by atoms with Crippen molar-refractivity contribution in [1.82, 2.24) is 10.6 Å². The van der Waals surface area contributed by atoms with Gasteiger partial charge in [0, 0.05) is 13.1 Å². The lowest BCUT2D eigenvalue weighted by atomic mass is 9.66. The lowest BCUT2D eigenvalue weighted by molar-refractivity contribution is -0.132. The number of rotatable bonds is 16. The fourth-order valence-electron chi connectivity index (χ4n) is 5.27. The molecule has 204 valence electrons. The summed E-state index contributed by atoms with van der Waals surface area (Å²) in [6.07, 6.45) is 0.941. The van der Waals surface area contributed by atoms with Gasteiger partial charge in [-0.1, -0.05) is 55.4 Å². The van der Waals surface area contributed by atoms with Crippen molar-refractivity contribution in [2.75, 3.05) is 26.3 Å².